The van der Waals surface area contributed by atoms with E-state index in [9.17, 15) is 5.11 Å². The van der Waals surface area contributed by atoms with Crippen molar-refractivity contribution < 1.29 is 5.11 Å². The lowest BCUT2D eigenvalue weighted by molar-refractivity contribution is 0.144. The highest BCUT2D eigenvalue weighted by molar-refractivity contribution is 4.94. The average molecular weight is 127 g/mol. The minimum absolute atomic E-state index is 0.0440. The Labute approximate surface area is 55.3 Å². The molecule has 1 aliphatic carbocycles. The molecule has 1 saturated heterocycles. The van der Waals surface area contributed by atoms with Crippen molar-refractivity contribution in [2.45, 2.75) is 31.4 Å². The number of β-amino-alcohol motifs (C(OH)–C–C–N with tert-alkyl or cyclic N) is 1. The molecule has 2 rings (SSSR count). The van der Waals surface area contributed by atoms with Gasteiger partial charge in [-0.1, -0.05) is 6.42 Å². The van der Waals surface area contributed by atoms with Gasteiger partial charge < -0.3 is 10.4 Å². The Morgan fingerprint density at radius 1 is 1.33 bits per heavy atom. The molecule has 1 aliphatic heterocycles. The molecule has 0 unspecified atom stereocenters. The van der Waals surface area contributed by atoms with Gasteiger partial charge in [0.25, 0.3) is 0 Å². The quantitative estimate of drug-likeness (QED) is 0.484. The van der Waals surface area contributed by atoms with E-state index in [2.05, 4.69) is 5.32 Å². The molecule has 0 spiro atoms. The monoisotopic (exact) mass is 127 g/mol. The number of nitrogens with one attached hydrogen (secondary N) is 1. The summed E-state index contributed by atoms with van der Waals surface area (Å²) in [4.78, 5) is 0. The lowest BCUT2D eigenvalue weighted by Crippen LogP contribution is -2.21. The van der Waals surface area contributed by atoms with E-state index in [-0.39, 0.29) is 6.10 Å². The molecule has 0 aromatic rings. The van der Waals surface area contributed by atoms with Crippen LogP contribution in [0.5, 0.6) is 0 Å². The van der Waals surface area contributed by atoms with E-state index >= 15 is 0 Å². The molecule has 0 amide bonds. The Hall–Kier alpha value is -0.0800. The fourth-order valence-electron chi connectivity index (χ4n) is 2.13. The predicted molar refractivity (Wildman–Crippen MR) is 35.1 cm³/mol. The van der Waals surface area contributed by atoms with Gasteiger partial charge in [0.2, 0.25) is 0 Å². The average Bonchev–Trinajstić information content (AvgIpc) is 2.35. The highest BCUT2D eigenvalue weighted by atomic mass is 16.3. The Bertz CT molecular complexity index is 115. The van der Waals surface area contributed by atoms with E-state index in [1.54, 1.807) is 0 Å². The van der Waals surface area contributed by atoms with Gasteiger partial charge in [-0.05, 0) is 12.8 Å². The van der Waals surface area contributed by atoms with Crippen molar-refractivity contribution >= 4 is 0 Å². The molecule has 1 heterocycles. The van der Waals surface area contributed by atoms with E-state index in [4.69, 9.17) is 0 Å². The Morgan fingerprint density at radius 3 is 3.00 bits per heavy atom. The smallest absolute Gasteiger partial charge is 0.0707 e. The summed E-state index contributed by atoms with van der Waals surface area (Å²) >= 11 is 0. The second-order valence-corrected chi connectivity index (χ2v) is 3.18. The SMILES string of the molecule is O[C@H]1CN[C@@H]2CCC[C@H]12. The summed E-state index contributed by atoms with van der Waals surface area (Å²) in [6.45, 7) is 0.829. The van der Waals surface area contributed by atoms with Gasteiger partial charge in [0, 0.05) is 18.5 Å². The van der Waals surface area contributed by atoms with Crippen LogP contribution in [0.3, 0.4) is 0 Å². The van der Waals surface area contributed by atoms with Crippen LogP contribution in [0, 0.1) is 5.92 Å². The first-order valence-electron chi connectivity index (χ1n) is 3.79. The molecular weight excluding hydrogens is 114 g/mol. The lowest BCUT2D eigenvalue weighted by atomic mass is 10.0. The van der Waals surface area contributed by atoms with Crippen LogP contribution >= 0.6 is 0 Å². The van der Waals surface area contributed by atoms with E-state index in [1.165, 1.54) is 19.3 Å². The van der Waals surface area contributed by atoms with Crippen molar-refractivity contribution in [3.63, 3.8) is 0 Å². The summed E-state index contributed by atoms with van der Waals surface area (Å²) in [5.41, 5.74) is 0. The maximum absolute atomic E-state index is 9.34. The fourth-order valence-corrected chi connectivity index (χ4v) is 2.13. The summed E-state index contributed by atoms with van der Waals surface area (Å²) < 4.78 is 0. The largest absolute Gasteiger partial charge is 0.391 e. The molecule has 3 atom stereocenters. The van der Waals surface area contributed by atoms with Gasteiger partial charge in [0.15, 0.2) is 0 Å². The maximum atomic E-state index is 9.34. The van der Waals surface area contributed by atoms with Gasteiger partial charge in [-0.3, -0.25) is 0 Å². The zero-order valence-corrected chi connectivity index (χ0v) is 5.51. The standard InChI is InChI=1S/C7H13NO/c9-7-4-8-6-3-1-2-5(6)7/h5-9H,1-4H2/t5-,6+,7-/m0/s1. The molecular formula is C7H13NO. The molecule has 1 saturated carbocycles. The summed E-state index contributed by atoms with van der Waals surface area (Å²) in [7, 11) is 0. The van der Waals surface area contributed by atoms with Crippen molar-refractivity contribution in [1.82, 2.24) is 5.32 Å². The first kappa shape index (κ1) is 5.69. The summed E-state index contributed by atoms with van der Waals surface area (Å²) in [6.07, 6.45) is 3.78. The fraction of sp³-hybridized carbons (Fsp3) is 1.00. The normalized spacial score (nSPS) is 49.7. The van der Waals surface area contributed by atoms with Gasteiger partial charge in [-0.25, -0.2) is 0 Å². The molecule has 2 fully saturated rings. The summed E-state index contributed by atoms with van der Waals surface area (Å²) in [5, 5.41) is 12.7. The zero-order valence-electron chi connectivity index (χ0n) is 5.51. The van der Waals surface area contributed by atoms with Crippen molar-refractivity contribution in [1.29, 1.82) is 0 Å². The molecule has 2 nitrogen and oxygen atoms in total. The first-order valence-corrected chi connectivity index (χ1v) is 3.79. The van der Waals surface area contributed by atoms with Crippen LogP contribution in [-0.2, 0) is 0 Å². The van der Waals surface area contributed by atoms with Gasteiger partial charge in [0.05, 0.1) is 6.10 Å². The third kappa shape index (κ3) is 0.775. The second-order valence-electron chi connectivity index (χ2n) is 3.18. The van der Waals surface area contributed by atoms with Gasteiger partial charge in [-0.2, -0.15) is 0 Å². The zero-order chi connectivity index (χ0) is 6.27. The number of fused-ring (bicyclic) bond motifs is 1. The summed E-state index contributed by atoms with van der Waals surface area (Å²) in [6, 6.07) is 0.653. The van der Waals surface area contributed by atoms with E-state index < -0.39 is 0 Å². The minimum atomic E-state index is -0.0440. The van der Waals surface area contributed by atoms with Crippen LogP contribution in [0.1, 0.15) is 19.3 Å². The topological polar surface area (TPSA) is 32.3 Å². The molecule has 2 N–H and O–H groups in total. The molecule has 0 aromatic heterocycles. The third-order valence-corrected chi connectivity index (χ3v) is 2.65. The molecule has 52 valence electrons. The highest BCUT2D eigenvalue weighted by Gasteiger charge is 2.37. The highest BCUT2D eigenvalue weighted by Crippen LogP contribution is 2.31. The molecule has 0 aromatic carbocycles. The lowest BCUT2D eigenvalue weighted by Gasteiger charge is -2.09. The number of hydrogen-bond donors (Lipinski definition) is 2. The van der Waals surface area contributed by atoms with Crippen LogP contribution in [0.25, 0.3) is 0 Å². The molecule has 0 radical (unpaired) electrons. The van der Waals surface area contributed by atoms with Crippen LogP contribution < -0.4 is 5.32 Å². The van der Waals surface area contributed by atoms with Gasteiger partial charge in [0.1, 0.15) is 0 Å². The minimum Gasteiger partial charge on any atom is -0.391 e. The molecule has 0 bridgehead atoms. The Morgan fingerprint density at radius 2 is 2.22 bits per heavy atom. The maximum Gasteiger partial charge on any atom is 0.0707 e. The van der Waals surface area contributed by atoms with E-state index in [0.29, 0.717) is 12.0 Å². The molecule has 9 heavy (non-hydrogen) atoms. The van der Waals surface area contributed by atoms with Crippen LogP contribution in [-0.4, -0.2) is 23.8 Å². The molecule has 2 heteroatoms. The molecule has 2 aliphatic rings. The predicted octanol–water partition coefficient (Wildman–Crippen LogP) is 0.119. The second kappa shape index (κ2) is 1.96. The Balaban J connectivity index is 2.07. The summed E-state index contributed by atoms with van der Waals surface area (Å²) in [5.74, 6) is 0.588. The van der Waals surface area contributed by atoms with Gasteiger partial charge in [-0.15, -0.1) is 0 Å². The Kier molecular flexibility index (Phi) is 1.24. The number of hydrogen-bond acceptors (Lipinski definition) is 2. The third-order valence-electron chi connectivity index (χ3n) is 2.65. The van der Waals surface area contributed by atoms with Crippen LogP contribution in [0.4, 0.5) is 0 Å². The van der Waals surface area contributed by atoms with Gasteiger partial charge >= 0.3 is 0 Å². The van der Waals surface area contributed by atoms with E-state index in [1.807, 2.05) is 0 Å². The van der Waals surface area contributed by atoms with Crippen molar-refractivity contribution in [2.75, 3.05) is 6.54 Å². The first-order chi connectivity index (χ1) is 4.38. The van der Waals surface area contributed by atoms with E-state index in [0.717, 1.165) is 6.54 Å². The number of rotatable bonds is 0. The van der Waals surface area contributed by atoms with Crippen LogP contribution in [0.15, 0.2) is 0 Å². The number of aliphatic hydroxyl groups is 1. The van der Waals surface area contributed by atoms with Crippen LogP contribution in [0.2, 0.25) is 0 Å². The van der Waals surface area contributed by atoms with Crippen molar-refractivity contribution in [3.8, 4) is 0 Å². The van der Waals surface area contributed by atoms with Crippen molar-refractivity contribution in [3.05, 3.63) is 0 Å². The van der Waals surface area contributed by atoms with Crippen molar-refractivity contribution in [2.24, 2.45) is 5.92 Å². The number of aliphatic hydroxyl groups excluding tert-OH is 1.